The number of hydrogen-bond acceptors (Lipinski definition) is 1. The lowest BCUT2D eigenvalue weighted by atomic mass is 9.99. The van der Waals surface area contributed by atoms with E-state index in [1.807, 2.05) is 61.5 Å². The van der Waals surface area contributed by atoms with Crippen molar-refractivity contribution in [1.82, 2.24) is 4.98 Å². The van der Waals surface area contributed by atoms with Gasteiger partial charge in [-0.25, -0.2) is 9.37 Å². The van der Waals surface area contributed by atoms with Crippen molar-refractivity contribution in [1.29, 1.82) is 0 Å². The Morgan fingerprint density at radius 3 is 2.32 bits per heavy atom. The van der Waals surface area contributed by atoms with E-state index in [0.717, 1.165) is 21.9 Å². The summed E-state index contributed by atoms with van der Waals surface area (Å²) in [7, 11) is 0. The Bertz CT molecular complexity index is 988. The van der Waals surface area contributed by atoms with Crippen molar-refractivity contribution in [3.8, 4) is 11.3 Å². The van der Waals surface area contributed by atoms with Crippen molar-refractivity contribution in [3.05, 3.63) is 78.1 Å². The summed E-state index contributed by atoms with van der Waals surface area (Å²) in [5.74, 6) is -0.230. The van der Waals surface area contributed by atoms with Crippen LogP contribution in [0.4, 0.5) is 4.39 Å². The van der Waals surface area contributed by atoms with Gasteiger partial charge in [-0.05, 0) is 24.4 Å². The highest BCUT2D eigenvalue weighted by Gasteiger charge is 2.13. The first-order valence-corrected chi connectivity index (χ1v) is 7.28. The minimum atomic E-state index is -0.230. The number of pyridine rings is 1. The van der Waals surface area contributed by atoms with Crippen molar-refractivity contribution in [2.45, 2.75) is 6.92 Å². The van der Waals surface area contributed by atoms with Gasteiger partial charge in [0.2, 0.25) is 0 Å². The molecule has 0 atom stereocenters. The molecule has 106 valence electrons. The molecule has 3 aromatic carbocycles. The molecule has 0 saturated heterocycles. The number of aryl methyl sites for hydroxylation is 1. The molecule has 1 nitrogen and oxygen atoms in total. The maximum Gasteiger partial charge on any atom is 0.133 e. The molecule has 0 aliphatic heterocycles. The third-order valence-electron chi connectivity index (χ3n) is 4.00. The van der Waals surface area contributed by atoms with Gasteiger partial charge in [0.15, 0.2) is 0 Å². The SMILES string of the molecule is Cc1ccc(-c2nc3ccccc3c3cccc(F)c23)cc1. The van der Waals surface area contributed by atoms with Crippen LogP contribution in [-0.4, -0.2) is 4.98 Å². The summed E-state index contributed by atoms with van der Waals surface area (Å²) in [6.45, 7) is 2.04. The third-order valence-corrected chi connectivity index (χ3v) is 4.00. The highest BCUT2D eigenvalue weighted by molar-refractivity contribution is 6.11. The van der Waals surface area contributed by atoms with Gasteiger partial charge in [0, 0.05) is 16.3 Å². The molecular weight excluding hydrogens is 273 g/mol. The molecule has 4 aromatic rings. The molecular formula is C20H14FN. The number of aromatic nitrogens is 1. The van der Waals surface area contributed by atoms with Crippen LogP contribution in [0.25, 0.3) is 32.9 Å². The number of nitrogens with zero attached hydrogens (tertiary/aromatic N) is 1. The third kappa shape index (κ3) is 1.96. The average molecular weight is 287 g/mol. The summed E-state index contributed by atoms with van der Waals surface area (Å²) in [5, 5.41) is 2.47. The summed E-state index contributed by atoms with van der Waals surface area (Å²) >= 11 is 0. The number of para-hydroxylation sites is 1. The number of hydrogen-bond donors (Lipinski definition) is 0. The lowest BCUT2D eigenvalue weighted by molar-refractivity contribution is 0.640. The zero-order chi connectivity index (χ0) is 15.1. The molecule has 0 amide bonds. The molecule has 1 aromatic heterocycles. The second-order valence-corrected chi connectivity index (χ2v) is 5.51. The quantitative estimate of drug-likeness (QED) is 0.421. The topological polar surface area (TPSA) is 12.9 Å². The monoisotopic (exact) mass is 287 g/mol. The average Bonchev–Trinajstić information content (AvgIpc) is 2.55. The fourth-order valence-corrected chi connectivity index (χ4v) is 2.88. The van der Waals surface area contributed by atoms with E-state index in [4.69, 9.17) is 4.98 Å². The Hall–Kier alpha value is -2.74. The van der Waals surface area contributed by atoms with E-state index >= 15 is 0 Å². The van der Waals surface area contributed by atoms with Crippen LogP contribution in [0, 0.1) is 12.7 Å². The van der Waals surface area contributed by atoms with Gasteiger partial charge < -0.3 is 0 Å². The normalized spacial score (nSPS) is 11.2. The largest absolute Gasteiger partial charge is 0.247 e. The van der Waals surface area contributed by atoms with Crippen molar-refractivity contribution in [3.63, 3.8) is 0 Å². The van der Waals surface area contributed by atoms with Gasteiger partial charge in [-0.15, -0.1) is 0 Å². The van der Waals surface area contributed by atoms with Crippen LogP contribution in [0.15, 0.2) is 66.7 Å². The Labute approximate surface area is 128 Å². The molecule has 0 fully saturated rings. The second-order valence-electron chi connectivity index (χ2n) is 5.51. The summed E-state index contributed by atoms with van der Waals surface area (Å²) in [5.41, 5.74) is 3.70. The summed E-state index contributed by atoms with van der Waals surface area (Å²) in [4.78, 5) is 4.72. The van der Waals surface area contributed by atoms with Crippen molar-refractivity contribution < 1.29 is 4.39 Å². The van der Waals surface area contributed by atoms with E-state index < -0.39 is 0 Å². The van der Waals surface area contributed by atoms with Crippen molar-refractivity contribution in [2.75, 3.05) is 0 Å². The molecule has 0 N–H and O–H groups in total. The summed E-state index contributed by atoms with van der Waals surface area (Å²) in [6, 6.07) is 21.1. The van der Waals surface area contributed by atoms with E-state index in [1.165, 1.54) is 11.6 Å². The maximum absolute atomic E-state index is 14.5. The maximum atomic E-state index is 14.5. The summed E-state index contributed by atoms with van der Waals surface area (Å²) in [6.07, 6.45) is 0. The molecule has 22 heavy (non-hydrogen) atoms. The Morgan fingerprint density at radius 1 is 0.773 bits per heavy atom. The summed E-state index contributed by atoms with van der Waals surface area (Å²) < 4.78 is 14.5. The van der Waals surface area contributed by atoms with Gasteiger partial charge in [0.05, 0.1) is 11.2 Å². The Kier molecular flexibility index (Phi) is 2.90. The molecule has 1 heterocycles. The van der Waals surface area contributed by atoms with Gasteiger partial charge in [-0.2, -0.15) is 0 Å². The minimum absolute atomic E-state index is 0.230. The highest BCUT2D eigenvalue weighted by Crippen LogP contribution is 2.33. The van der Waals surface area contributed by atoms with Crippen LogP contribution in [0.5, 0.6) is 0 Å². The molecule has 0 bridgehead atoms. The van der Waals surface area contributed by atoms with Crippen LogP contribution in [0.2, 0.25) is 0 Å². The predicted molar refractivity (Wildman–Crippen MR) is 89.4 cm³/mol. The lowest BCUT2D eigenvalue weighted by Crippen LogP contribution is -1.92. The van der Waals surface area contributed by atoms with Gasteiger partial charge >= 0.3 is 0 Å². The van der Waals surface area contributed by atoms with E-state index in [1.54, 1.807) is 6.07 Å². The molecule has 0 spiro atoms. The highest BCUT2D eigenvalue weighted by atomic mass is 19.1. The van der Waals surface area contributed by atoms with E-state index in [2.05, 4.69) is 0 Å². The zero-order valence-electron chi connectivity index (χ0n) is 12.2. The zero-order valence-corrected chi connectivity index (χ0v) is 12.2. The standard InChI is InChI=1S/C20H14FN/c1-13-9-11-14(12-10-13)20-19-16(6-4-7-17(19)21)15-5-2-3-8-18(15)22-20/h2-12H,1H3. The van der Waals surface area contributed by atoms with Gasteiger partial charge in [0.1, 0.15) is 5.82 Å². The number of halogens is 1. The number of fused-ring (bicyclic) bond motifs is 3. The van der Waals surface area contributed by atoms with Crippen LogP contribution < -0.4 is 0 Å². The smallest absolute Gasteiger partial charge is 0.133 e. The Morgan fingerprint density at radius 2 is 1.50 bits per heavy atom. The van der Waals surface area contributed by atoms with Crippen LogP contribution in [-0.2, 0) is 0 Å². The Balaban J connectivity index is 2.18. The van der Waals surface area contributed by atoms with Crippen molar-refractivity contribution >= 4 is 21.7 Å². The van der Waals surface area contributed by atoms with Gasteiger partial charge in [0.25, 0.3) is 0 Å². The van der Waals surface area contributed by atoms with Crippen LogP contribution in [0.3, 0.4) is 0 Å². The first-order valence-electron chi connectivity index (χ1n) is 7.28. The molecule has 0 unspecified atom stereocenters. The van der Waals surface area contributed by atoms with E-state index in [0.29, 0.717) is 11.1 Å². The van der Waals surface area contributed by atoms with E-state index in [-0.39, 0.29) is 5.82 Å². The molecule has 0 radical (unpaired) electrons. The van der Waals surface area contributed by atoms with Crippen LogP contribution in [0.1, 0.15) is 5.56 Å². The molecule has 0 aliphatic carbocycles. The van der Waals surface area contributed by atoms with Crippen LogP contribution >= 0.6 is 0 Å². The fourth-order valence-electron chi connectivity index (χ4n) is 2.88. The second kappa shape index (κ2) is 4.92. The first kappa shape index (κ1) is 13.0. The number of benzene rings is 3. The molecule has 2 heteroatoms. The van der Waals surface area contributed by atoms with Gasteiger partial charge in [-0.1, -0.05) is 60.2 Å². The van der Waals surface area contributed by atoms with Crippen molar-refractivity contribution in [2.24, 2.45) is 0 Å². The lowest BCUT2D eigenvalue weighted by Gasteiger charge is -2.11. The number of rotatable bonds is 1. The first-order chi connectivity index (χ1) is 10.7. The van der Waals surface area contributed by atoms with Gasteiger partial charge in [-0.3, -0.25) is 0 Å². The predicted octanol–water partition coefficient (Wildman–Crippen LogP) is 5.50. The molecule has 0 saturated carbocycles. The van der Waals surface area contributed by atoms with E-state index in [9.17, 15) is 4.39 Å². The fraction of sp³-hybridized carbons (Fsp3) is 0.0500. The molecule has 4 rings (SSSR count). The molecule has 0 aliphatic rings. The minimum Gasteiger partial charge on any atom is -0.247 e.